The third-order valence-electron chi connectivity index (χ3n) is 2.95. The number of amides is 1. The van der Waals surface area contributed by atoms with E-state index in [1.54, 1.807) is 0 Å². The van der Waals surface area contributed by atoms with Crippen LogP contribution in [0.3, 0.4) is 0 Å². The van der Waals surface area contributed by atoms with Crippen molar-refractivity contribution in [3.8, 4) is 5.75 Å². The zero-order chi connectivity index (χ0) is 13.8. The summed E-state index contributed by atoms with van der Waals surface area (Å²) >= 11 is 3.39. The first-order chi connectivity index (χ1) is 9.10. The van der Waals surface area contributed by atoms with Gasteiger partial charge in [-0.1, -0.05) is 22.9 Å². The van der Waals surface area contributed by atoms with Crippen LogP contribution in [-0.2, 0) is 4.79 Å². The van der Waals surface area contributed by atoms with Crippen LogP contribution in [0, 0.1) is 0 Å². The number of carbonyl (C=O) groups is 1. The minimum absolute atomic E-state index is 0.196. The Morgan fingerprint density at radius 3 is 3.11 bits per heavy atom. The summed E-state index contributed by atoms with van der Waals surface area (Å²) in [5.41, 5.74) is 1.44. The second-order valence-electron chi connectivity index (χ2n) is 4.41. The van der Waals surface area contributed by atoms with Crippen LogP contribution in [0.25, 0.3) is 6.08 Å². The number of aliphatic hydroxyl groups is 1. The molecule has 1 aromatic carbocycles. The fraction of sp³-hybridized carbons (Fsp3) is 0.357. The largest absolute Gasteiger partial charge is 0.488 e. The lowest BCUT2D eigenvalue weighted by atomic mass is 10.1. The molecule has 102 valence electrons. The SMILES string of the molecule is CCC(O)CNC(=O)C1=Cc2cc(Br)ccc2OC1. The molecule has 1 atom stereocenters. The molecule has 0 spiro atoms. The summed E-state index contributed by atoms with van der Waals surface area (Å²) in [6.45, 7) is 2.38. The molecule has 2 rings (SSSR count). The van der Waals surface area contributed by atoms with Crippen LogP contribution in [0.2, 0.25) is 0 Å². The number of halogens is 1. The summed E-state index contributed by atoms with van der Waals surface area (Å²) in [4.78, 5) is 11.9. The highest BCUT2D eigenvalue weighted by Crippen LogP contribution is 2.29. The topological polar surface area (TPSA) is 58.6 Å². The molecule has 0 fully saturated rings. The maximum atomic E-state index is 11.9. The molecule has 0 saturated heterocycles. The summed E-state index contributed by atoms with van der Waals surface area (Å²) in [6.07, 6.45) is 1.93. The Bertz CT molecular complexity index is 513. The van der Waals surface area contributed by atoms with Gasteiger partial charge >= 0.3 is 0 Å². The first-order valence-electron chi connectivity index (χ1n) is 6.19. The highest BCUT2D eigenvalue weighted by molar-refractivity contribution is 9.10. The fourth-order valence-corrected chi connectivity index (χ4v) is 2.13. The lowest BCUT2D eigenvalue weighted by Gasteiger charge is -2.18. The average molecular weight is 326 g/mol. The predicted octanol–water partition coefficient (Wildman–Crippen LogP) is 2.11. The van der Waals surface area contributed by atoms with E-state index in [2.05, 4.69) is 21.2 Å². The molecule has 4 nitrogen and oxygen atoms in total. The summed E-state index contributed by atoms with van der Waals surface area (Å²) in [7, 11) is 0. The van der Waals surface area contributed by atoms with Crippen molar-refractivity contribution in [1.29, 1.82) is 0 Å². The number of rotatable bonds is 4. The van der Waals surface area contributed by atoms with E-state index in [0.717, 1.165) is 15.8 Å². The number of aliphatic hydroxyl groups excluding tert-OH is 1. The Morgan fingerprint density at radius 2 is 2.37 bits per heavy atom. The van der Waals surface area contributed by atoms with E-state index in [0.29, 0.717) is 12.0 Å². The molecule has 0 bridgehead atoms. The first-order valence-corrected chi connectivity index (χ1v) is 6.98. The van der Waals surface area contributed by atoms with Gasteiger partial charge in [-0.15, -0.1) is 0 Å². The van der Waals surface area contributed by atoms with E-state index in [9.17, 15) is 9.90 Å². The third kappa shape index (κ3) is 3.58. The van der Waals surface area contributed by atoms with Crippen LogP contribution >= 0.6 is 15.9 Å². The molecule has 1 amide bonds. The van der Waals surface area contributed by atoms with Gasteiger partial charge in [0.05, 0.1) is 11.7 Å². The quantitative estimate of drug-likeness (QED) is 0.891. The standard InChI is InChI=1S/C14H16BrNO3/c1-2-12(17)7-16-14(18)10-5-9-6-11(15)3-4-13(9)19-8-10/h3-6,12,17H,2,7-8H2,1H3,(H,16,18). The molecule has 0 aliphatic carbocycles. The molecule has 0 radical (unpaired) electrons. The number of hydrogen-bond acceptors (Lipinski definition) is 3. The number of benzene rings is 1. The van der Waals surface area contributed by atoms with Crippen LogP contribution in [0.15, 0.2) is 28.2 Å². The Labute approximate surface area is 120 Å². The highest BCUT2D eigenvalue weighted by atomic mass is 79.9. The van der Waals surface area contributed by atoms with Gasteiger partial charge in [0.1, 0.15) is 12.4 Å². The summed E-state index contributed by atoms with van der Waals surface area (Å²) in [5.74, 6) is 0.575. The van der Waals surface area contributed by atoms with E-state index in [4.69, 9.17) is 4.74 Å². The lowest BCUT2D eigenvalue weighted by Crippen LogP contribution is -2.34. The van der Waals surface area contributed by atoms with E-state index in [1.165, 1.54) is 0 Å². The van der Waals surface area contributed by atoms with Gasteiger partial charge in [-0.25, -0.2) is 0 Å². The van der Waals surface area contributed by atoms with Crippen LogP contribution in [0.5, 0.6) is 5.75 Å². The fourth-order valence-electron chi connectivity index (χ4n) is 1.75. The summed E-state index contributed by atoms with van der Waals surface area (Å²) in [5, 5.41) is 12.1. The van der Waals surface area contributed by atoms with E-state index >= 15 is 0 Å². The van der Waals surface area contributed by atoms with Crippen molar-refractivity contribution >= 4 is 27.9 Å². The number of nitrogens with one attached hydrogen (secondary N) is 1. The first kappa shape index (κ1) is 14.1. The van der Waals surface area contributed by atoms with E-state index < -0.39 is 6.10 Å². The van der Waals surface area contributed by atoms with Gasteiger partial charge in [-0.3, -0.25) is 4.79 Å². The van der Waals surface area contributed by atoms with Gasteiger partial charge in [-0.2, -0.15) is 0 Å². The van der Waals surface area contributed by atoms with Crippen LogP contribution in [0.4, 0.5) is 0 Å². The number of carbonyl (C=O) groups excluding carboxylic acids is 1. The average Bonchev–Trinajstić information content (AvgIpc) is 2.43. The molecular weight excluding hydrogens is 310 g/mol. The lowest BCUT2D eigenvalue weighted by molar-refractivity contribution is -0.118. The van der Waals surface area contributed by atoms with Gasteiger partial charge in [0, 0.05) is 16.6 Å². The number of hydrogen-bond donors (Lipinski definition) is 2. The van der Waals surface area contributed by atoms with Crippen molar-refractivity contribution in [2.45, 2.75) is 19.4 Å². The summed E-state index contributed by atoms with van der Waals surface area (Å²) in [6, 6.07) is 5.67. The van der Waals surface area contributed by atoms with Gasteiger partial charge in [0.25, 0.3) is 5.91 Å². The normalized spacial score (nSPS) is 15.0. The van der Waals surface area contributed by atoms with Crippen molar-refractivity contribution in [3.05, 3.63) is 33.8 Å². The molecule has 1 aliphatic heterocycles. The Hall–Kier alpha value is -1.33. The van der Waals surface area contributed by atoms with Gasteiger partial charge in [0.2, 0.25) is 0 Å². The zero-order valence-corrected chi connectivity index (χ0v) is 12.2. The molecular formula is C14H16BrNO3. The number of ether oxygens (including phenoxy) is 1. The van der Waals surface area contributed by atoms with Crippen molar-refractivity contribution in [2.75, 3.05) is 13.2 Å². The Morgan fingerprint density at radius 1 is 1.58 bits per heavy atom. The van der Waals surface area contributed by atoms with Crippen molar-refractivity contribution in [3.63, 3.8) is 0 Å². The van der Waals surface area contributed by atoms with Crippen LogP contribution < -0.4 is 10.1 Å². The number of fused-ring (bicyclic) bond motifs is 1. The zero-order valence-electron chi connectivity index (χ0n) is 10.6. The molecule has 0 aromatic heterocycles. The van der Waals surface area contributed by atoms with Crippen molar-refractivity contribution in [2.24, 2.45) is 0 Å². The van der Waals surface area contributed by atoms with E-state index in [-0.39, 0.29) is 19.1 Å². The second-order valence-corrected chi connectivity index (χ2v) is 5.33. The minimum Gasteiger partial charge on any atom is -0.488 e. The Balaban J connectivity index is 2.08. The van der Waals surface area contributed by atoms with Gasteiger partial charge in [-0.05, 0) is 30.7 Å². The second kappa shape index (κ2) is 6.21. The Kier molecular flexibility index (Phi) is 4.61. The van der Waals surface area contributed by atoms with Crippen LogP contribution in [-0.4, -0.2) is 30.3 Å². The molecule has 5 heteroatoms. The van der Waals surface area contributed by atoms with Gasteiger partial charge in [0.15, 0.2) is 0 Å². The smallest absolute Gasteiger partial charge is 0.250 e. The molecule has 1 aromatic rings. The minimum atomic E-state index is -0.504. The van der Waals surface area contributed by atoms with Gasteiger partial charge < -0.3 is 15.2 Å². The third-order valence-corrected chi connectivity index (χ3v) is 3.44. The summed E-state index contributed by atoms with van der Waals surface area (Å²) < 4.78 is 6.47. The molecule has 19 heavy (non-hydrogen) atoms. The monoisotopic (exact) mass is 325 g/mol. The van der Waals surface area contributed by atoms with E-state index in [1.807, 2.05) is 31.2 Å². The molecule has 2 N–H and O–H groups in total. The maximum Gasteiger partial charge on any atom is 0.250 e. The van der Waals surface area contributed by atoms with Crippen LogP contribution in [0.1, 0.15) is 18.9 Å². The maximum absolute atomic E-state index is 11.9. The highest BCUT2D eigenvalue weighted by Gasteiger charge is 2.17. The molecule has 0 saturated carbocycles. The molecule has 1 heterocycles. The van der Waals surface area contributed by atoms with Crippen molar-refractivity contribution in [1.82, 2.24) is 5.32 Å². The predicted molar refractivity (Wildman–Crippen MR) is 76.9 cm³/mol. The van der Waals surface area contributed by atoms with Crippen molar-refractivity contribution < 1.29 is 14.6 Å². The molecule has 1 unspecified atom stereocenters. The molecule has 1 aliphatic rings.